The van der Waals surface area contributed by atoms with E-state index in [1.807, 2.05) is 6.92 Å². The van der Waals surface area contributed by atoms with Crippen LogP contribution in [0.2, 0.25) is 0 Å². The number of hydrazine groups is 1. The summed E-state index contributed by atoms with van der Waals surface area (Å²) in [6.07, 6.45) is 0. The Morgan fingerprint density at radius 1 is 1.29 bits per heavy atom. The predicted octanol–water partition coefficient (Wildman–Crippen LogP) is 0.900. The van der Waals surface area contributed by atoms with Crippen molar-refractivity contribution in [1.29, 1.82) is 0 Å². The van der Waals surface area contributed by atoms with Crippen LogP contribution in [-0.4, -0.2) is 13.0 Å². The summed E-state index contributed by atoms with van der Waals surface area (Å²) in [7, 11) is -4.36. The molecule has 0 aliphatic heterocycles. The van der Waals surface area contributed by atoms with Crippen molar-refractivity contribution < 1.29 is 13.0 Å². The maximum absolute atomic E-state index is 10.6. The number of hydrogen-bond acceptors (Lipinski definition) is 3. The van der Waals surface area contributed by atoms with Gasteiger partial charge in [0.2, 0.25) is 0 Å². The van der Waals surface area contributed by atoms with Crippen LogP contribution < -0.4 is 10.3 Å². The number of halogens is 1. The summed E-state index contributed by atoms with van der Waals surface area (Å²) < 4.78 is 30.0. The van der Waals surface area contributed by atoms with Gasteiger partial charge in [-0.3, -0.25) is 4.55 Å². The normalized spacial score (nSPS) is 10.5. The first kappa shape index (κ1) is 13.2. The Morgan fingerprint density at radius 3 is 2.07 bits per heavy atom. The predicted molar refractivity (Wildman–Crippen MR) is 56.6 cm³/mol. The quantitative estimate of drug-likeness (QED) is 0.456. The van der Waals surface area contributed by atoms with Gasteiger partial charge in [0, 0.05) is 0 Å². The second-order valence-corrected chi connectivity index (χ2v) is 3.90. The van der Waals surface area contributed by atoms with Gasteiger partial charge in [-0.1, -0.05) is 17.7 Å². The van der Waals surface area contributed by atoms with Gasteiger partial charge in [0.05, 0.1) is 5.69 Å². The molecular weight excluding hydrogens is 228 g/mol. The first-order valence-electron chi connectivity index (χ1n) is 3.50. The molecular formula is C7H11ClN2O3S. The average Bonchev–Trinajstić information content (AvgIpc) is 2.03. The zero-order valence-electron chi connectivity index (χ0n) is 7.41. The molecule has 0 fully saturated rings. The zero-order valence-corrected chi connectivity index (χ0v) is 9.05. The first-order chi connectivity index (χ1) is 5.91. The van der Waals surface area contributed by atoms with E-state index in [0.29, 0.717) is 4.41 Å². The highest BCUT2D eigenvalue weighted by Crippen LogP contribution is 2.13. The highest BCUT2D eigenvalue weighted by Gasteiger charge is 2.14. The van der Waals surface area contributed by atoms with Crippen molar-refractivity contribution in [3.63, 3.8) is 0 Å². The lowest BCUT2D eigenvalue weighted by atomic mass is 10.2. The number of hydrogen-bond donors (Lipinski definition) is 2. The van der Waals surface area contributed by atoms with Gasteiger partial charge in [0.25, 0.3) is 0 Å². The van der Waals surface area contributed by atoms with E-state index < -0.39 is 10.3 Å². The molecule has 1 aromatic carbocycles. The van der Waals surface area contributed by atoms with E-state index in [4.69, 9.17) is 10.4 Å². The molecule has 1 aromatic rings. The molecule has 0 spiro atoms. The molecule has 0 heterocycles. The standard InChI is InChI=1S/C7H10N2O3S.ClH/c1-6-2-4-7(5-3-6)9(8)13(10,11)12;/h2-5H,8H2,1H3,(H,10,11,12);1H. The molecule has 0 aliphatic carbocycles. The van der Waals surface area contributed by atoms with Crippen LogP contribution in [0.1, 0.15) is 5.56 Å². The zero-order chi connectivity index (χ0) is 10.1. The van der Waals surface area contributed by atoms with Crippen molar-refractivity contribution in [3.05, 3.63) is 29.8 Å². The van der Waals surface area contributed by atoms with Crippen LogP contribution in [-0.2, 0) is 10.3 Å². The van der Waals surface area contributed by atoms with E-state index in [2.05, 4.69) is 0 Å². The minimum atomic E-state index is -4.36. The Balaban J connectivity index is 0.00000169. The van der Waals surface area contributed by atoms with Crippen LogP contribution in [0.15, 0.2) is 24.3 Å². The second kappa shape index (κ2) is 4.61. The summed E-state index contributed by atoms with van der Waals surface area (Å²) >= 11 is 0. The molecule has 0 aliphatic rings. The van der Waals surface area contributed by atoms with Crippen molar-refractivity contribution in [2.45, 2.75) is 6.92 Å². The van der Waals surface area contributed by atoms with Gasteiger partial charge < -0.3 is 0 Å². The largest absolute Gasteiger partial charge is 0.373 e. The van der Waals surface area contributed by atoms with Gasteiger partial charge in [-0.25, -0.2) is 5.84 Å². The lowest BCUT2D eigenvalue weighted by Crippen LogP contribution is -2.36. The summed E-state index contributed by atoms with van der Waals surface area (Å²) in [5.41, 5.74) is 1.19. The van der Waals surface area contributed by atoms with Crippen molar-refractivity contribution in [1.82, 2.24) is 0 Å². The number of benzene rings is 1. The molecule has 3 N–H and O–H groups in total. The third-order valence-corrected chi connectivity index (χ3v) is 2.24. The maximum atomic E-state index is 10.6. The minimum absolute atomic E-state index is 0. The summed E-state index contributed by atoms with van der Waals surface area (Å²) in [5, 5.41) is 0. The van der Waals surface area contributed by atoms with Gasteiger partial charge in [-0.15, -0.1) is 12.4 Å². The summed E-state index contributed by atoms with van der Waals surface area (Å²) in [6, 6.07) is 6.40. The molecule has 0 radical (unpaired) electrons. The highest BCUT2D eigenvalue weighted by atomic mass is 35.5. The smallest absolute Gasteiger partial charge is 0.268 e. The molecule has 1 rings (SSSR count). The van der Waals surface area contributed by atoms with E-state index in [1.165, 1.54) is 12.1 Å². The third kappa shape index (κ3) is 3.15. The Labute approximate surface area is 88.8 Å². The molecule has 0 aromatic heterocycles. The van der Waals surface area contributed by atoms with Gasteiger partial charge >= 0.3 is 10.3 Å². The first-order valence-corrected chi connectivity index (χ1v) is 4.90. The van der Waals surface area contributed by atoms with Crippen LogP contribution in [0.5, 0.6) is 0 Å². The van der Waals surface area contributed by atoms with E-state index in [1.54, 1.807) is 12.1 Å². The number of anilines is 1. The Morgan fingerprint density at radius 2 is 1.71 bits per heavy atom. The topological polar surface area (TPSA) is 83.6 Å². The Hall–Kier alpha value is -0.820. The minimum Gasteiger partial charge on any atom is -0.268 e. The Kier molecular flexibility index (Phi) is 4.34. The van der Waals surface area contributed by atoms with Gasteiger partial charge in [0.15, 0.2) is 0 Å². The molecule has 0 unspecified atom stereocenters. The van der Waals surface area contributed by atoms with Crippen LogP contribution >= 0.6 is 12.4 Å². The molecule has 0 atom stereocenters. The van der Waals surface area contributed by atoms with Crippen molar-refractivity contribution in [2.24, 2.45) is 5.84 Å². The molecule has 14 heavy (non-hydrogen) atoms. The summed E-state index contributed by atoms with van der Waals surface area (Å²) in [4.78, 5) is 0. The van der Waals surface area contributed by atoms with Crippen LogP contribution in [0.25, 0.3) is 0 Å². The molecule has 7 heteroatoms. The molecule has 80 valence electrons. The monoisotopic (exact) mass is 238 g/mol. The fourth-order valence-electron chi connectivity index (χ4n) is 0.825. The summed E-state index contributed by atoms with van der Waals surface area (Å²) in [5.74, 6) is 5.12. The van der Waals surface area contributed by atoms with Crippen LogP contribution in [0.3, 0.4) is 0 Å². The lowest BCUT2D eigenvalue weighted by Gasteiger charge is -2.13. The van der Waals surface area contributed by atoms with E-state index in [0.717, 1.165) is 5.56 Å². The molecule has 0 amide bonds. The summed E-state index contributed by atoms with van der Waals surface area (Å²) in [6.45, 7) is 1.86. The molecule has 0 saturated carbocycles. The van der Waals surface area contributed by atoms with Crippen LogP contribution in [0, 0.1) is 6.92 Å². The van der Waals surface area contributed by atoms with Gasteiger partial charge in [-0.05, 0) is 19.1 Å². The molecule has 0 bridgehead atoms. The fourth-order valence-corrected chi connectivity index (χ4v) is 1.21. The highest BCUT2D eigenvalue weighted by molar-refractivity contribution is 7.87. The van der Waals surface area contributed by atoms with Crippen molar-refractivity contribution >= 4 is 28.4 Å². The van der Waals surface area contributed by atoms with E-state index in [9.17, 15) is 8.42 Å². The molecule has 0 saturated heterocycles. The van der Waals surface area contributed by atoms with E-state index >= 15 is 0 Å². The fraction of sp³-hybridized carbons (Fsp3) is 0.143. The Bertz CT molecular complexity index is 390. The SMILES string of the molecule is Cc1ccc(N(N)S(=O)(=O)O)cc1.Cl. The van der Waals surface area contributed by atoms with E-state index in [-0.39, 0.29) is 18.1 Å². The van der Waals surface area contributed by atoms with Crippen LogP contribution in [0.4, 0.5) is 5.69 Å². The van der Waals surface area contributed by atoms with Crippen molar-refractivity contribution in [3.8, 4) is 0 Å². The number of aryl methyl sites for hydroxylation is 1. The number of nitrogens with zero attached hydrogens (tertiary/aromatic N) is 1. The average molecular weight is 239 g/mol. The lowest BCUT2D eigenvalue weighted by molar-refractivity contribution is 0.478. The number of nitrogens with two attached hydrogens (primary N) is 1. The van der Waals surface area contributed by atoms with Crippen molar-refractivity contribution in [2.75, 3.05) is 4.41 Å². The maximum Gasteiger partial charge on any atom is 0.373 e. The number of rotatable bonds is 2. The van der Waals surface area contributed by atoms with Gasteiger partial charge in [-0.2, -0.15) is 12.8 Å². The third-order valence-electron chi connectivity index (χ3n) is 1.54. The molecule has 5 nitrogen and oxygen atoms in total. The van der Waals surface area contributed by atoms with Gasteiger partial charge in [0.1, 0.15) is 0 Å². The second-order valence-electron chi connectivity index (χ2n) is 2.61.